The number of benzene rings is 2. The molecule has 78 valence electrons. The van der Waals surface area contributed by atoms with E-state index in [0.29, 0.717) is 3.57 Å². The van der Waals surface area contributed by atoms with E-state index in [0.717, 1.165) is 10.8 Å². The first-order valence-corrected chi connectivity index (χ1v) is 6.32. The molecule has 15 heavy (non-hydrogen) atoms. The topological polar surface area (TPSA) is 57.5 Å². The Labute approximate surface area is 97.2 Å². The van der Waals surface area contributed by atoms with Crippen molar-refractivity contribution in [2.45, 2.75) is 0 Å². The van der Waals surface area contributed by atoms with Gasteiger partial charge in [0.15, 0.2) is 0 Å². The molecular formula is C11H8IO3-. The Balaban J connectivity index is 2.81. The molecule has 2 aromatic carbocycles. The van der Waals surface area contributed by atoms with Crippen LogP contribution in [0.15, 0.2) is 36.4 Å². The second kappa shape index (κ2) is 4.16. The molecule has 0 radical (unpaired) electrons. The van der Waals surface area contributed by atoms with Gasteiger partial charge in [0, 0.05) is 0 Å². The molecule has 0 fully saturated rings. The second-order valence-corrected chi connectivity index (χ2v) is 4.60. The van der Waals surface area contributed by atoms with Crippen molar-refractivity contribution in [2.75, 3.05) is 0 Å². The van der Waals surface area contributed by atoms with E-state index < -0.39 is 27.6 Å². The van der Waals surface area contributed by atoms with E-state index >= 15 is 0 Å². The molecule has 0 saturated heterocycles. The van der Waals surface area contributed by atoms with Crippen molar-refractivity contribution in [3.05, 3.63) is 45.5 Å². The van der Waals surface area contributed by atoms with Crippen LogP contribution in [0.4, 0.5) is 0 Å². The number of carbonyl (C=O) groups is 1. The van der Waals surface area contributed by atoms with Crippen molar-refractivity contribution < 1.29 is 35.0 Å². The fourth-order valence-corrected chi connectivity index (χ4v) is 2.91. The molecular weight excluding hydrogens is 307 g/mol. The number of aromatic carboxylic acids is 1. The van der Waals surface area contributed by atoms with Gasteiger partial charge >= 0.3 is 97.2 Å². The number of hydrogen-bond acceptors (Lipinski definition) is 2. The van der Waals surface area contributed by atoms with Crippen molar-refractivity contribution in [3.63, 3.8) is 0 Å². The Morgan fingerprint density at radius 2 is 1.87 bits per heavy atom. The van der Waals surface area contributed by atoms with Crippen LogP contribution >= 0.6 is 0 Å². The molecule has 2 rings (SSSR count). The predicted molar refractivity (Wildman–Crippen MR) is 51.8 cm³/mol. The van der Waals surface area contributed by atoms with Gasteiger partial charge in [0.2, 0.25) is 0 Å². The van der Waals surface area contributed by atoms with Crippen molar-refractivity contribution in [1.29, 1.82) is 0 Å². The molecule has 0 amide bonds. The molecule has 0 unspecified atom stereocenters. The standard InChI is InChI=1S/C11H8IO3/c13-11(14)9-6-5-7-3-1-2-4-8(7)10(9)12-15/h1-6,15H,(H,13,14)/q-1. The van der Waals surface area contributed by atoms with Gasteiger partial charge in [-0.25, -0.2) is 0 Å². The molecule has 0 aliphatic rings. The van der Waals surface area contributed by atoms with Crippen LogP contribution in [0.1, 0.15) is 10.4 Å². The first-order chi connectivity index (χ1) is 7.24. The first-order valence-electron chi connectivity index (χ1n) is 4.27. The van der Waals surface area contributed by atoms with Crippen molar-refractivity contribution in [1.82, 2.24) is 0 Å². The van der Waals surface area contributed by atoms with E-state index in [9.17, 15) is 8.23 Å². The van der Waals surface area contributed by atoms with E-state index in [2.05, 4.69) is 0 Å². The van der Waals surface area contributed by atoms with Gasteiger partial charge in [-0.2, -0.15) is 0 Å². The monoisotopic (exact) mass is 315 g/mol. The number of carboxylic acid groups (broad SMARTS) is 1. The zero-order valence-corrected chi connectivity index (χ0v) is 9.80. The molecule has 2 aromatic rings. The molecule has 0 atom stereocenters. The van der Waals surface area contributed by atoms with Crippen molar-refractivity contribution in [3.8, 4) is 0 Å². The van der Waals surface area contributed by atoms with Crippen molar-refractivity contribution >= 4 is 16.7 Å². The summed E-state index contributed by atoms with van der Waals surface area (Å²) in [6, 6.07) is 10.8. The second-order valence-electron chi connectivity index (χ2n) is 3.04. The molecule has 0 spiro atoms. The van der Waals surface area contributed by atoms with Gasteiger partial charge in [0.05, 0.1) is 0 Å². The third-order valence-corrected chi connectivity index (χ3v) is 3.82. The average molecular weight is 315 g/mol. The maximum absolute atomic E-state index is 10.9. The summed E-state index contributed by atoms with van der Waals surface area (Å²) in [6.07, 6.45) is 0. The Morgan fingerprint density at radius 1 is 1.13 bits per heavy atom. The van der Waals surface area contributed by atoms with Crippen LogP contribution in [0.3, 0.4) is 0 Å². The van der Waals surface area contributed by atoms with E-state index in [1.165, 1.54) is 0 Å². The molecule has 4 heteroatoms. The quantitative estimate of drug-likeness (QED) is 0.678. The van der Waals surface area contributed by atoms with E-state index in [1.807, 2.05) is 24.3 Å². The molecule has 0 aromatic heterocycles. The third kappa shape index (κ3) is 1.82. The number of halogens is 1. The van der Waals surface area contributed by atoms with Gasteiger partial charge < -0.3 is 0 Å². The third-order valence-electron chi connectivity index (χ3n) is 2.18. The predicted octanol–water partition coefficient (Wildman–Crippen LogP) is -1.30. The molecule has 0 saturated carbocycles. The van der Waals surface area contributed by atoms with Gasteiger partial charge in [0.1, 0.15) is 0 Å². The fourth-order valence-electron chi connectivity index (χ4n) is 1.49. The average Bonchev–Trinajstić information content (AvgIpc) is 2.27. The summed E-state index contributed by atoms with van der Waals surface area (Å²) in [5.74, 6) is -0.982. The maximum atomic E-state index is 10.9. The van der Waals surface area contributed by atoms with Crippen LogP contribution in [0.2, 0.25) is 0 Å². The molecule has 0 bridgehead atoms. The molecule has 0 aliphatic carbocycles. The number of carboxylic acids is 1. The zero-order chi connectivity index (χ0) is 10.8. The Kier molecular flexibility index (Phi) is 2.88. The first kappa shape index (κ1) is 10.4. The van der Waals surface area contributed by atoms with Crippen LogP contribution in [-0.2, 0) is 0 Å². The van der Waals surface area contributed by atoms with E-state index in [1.54, 1.807) is 12.1 Å². The van der Waals surface area contributed by atoms with Crippen LogP contribution in [0, 0.1) is 3.57 Å². The minimum absolute atomic E-state index is 0.212. The summed E-state index contributed by atoms with van der Waals surface area (Å²) in [5.41, 5.74) is 0.212. The zero-order valence-electron chi connectivity index (χ0n) is 7.64. The van der Waals surface area contributed by atoms with Crippen LogP contribution in [0.5, 0.6) is 0 Å². The Bertz CT molecular complexity index is 522. The molecule has 0 heterocycles. The fraction of sp³-hybridized carbons (Fsp3) is 0. The van der Waals surface area contributed by atoms with Gasteiger partial charge in [-0.15, -0.1) is 0 Å². The molecule has 2 N–H and O–H groups in total. The Morgan fingerprint density at radius 3 is 2.53 bits per heavy atom. The molecule has 3 nitrogen and oxygen atoms in total. The molecule has 0 aliphatic heterocycles. The summed E-state index contributed by atoms with van der Waals surface area (Å²) in [7, 11) is 0. The van der Waals surface area contributed by atoms with E-state index in [4.69, 9.17) is 5.11 Å². The normalized spacial score (nSPS) is 10.7. The number of hydrogen-bond donors (Lipinski definition) is 2. The number of rotatable bonds is 2. The summed E-state index contributed by atoms with van der Waals surface area (Å²) in [6.45, 7) is 0. The van der Waals surface area contributed by atoms with E-state index in [-0.39, 0.29) is 5.56 Å². The Hall–Kier alpha value is -1.14. The van der Waals surface area contributed by atoms with Crippen LogP contribution in [0.25, 0.3) is 10.8 Å². The van der Waals surface area contributed by atoms with Crippen molar-refractivity contribution in [2.24, 2.45) is 0 Å². The number of fused-ring (bicyclic) bond motifs is 1. The summed E-state index contributed by atoms with van der Waals surface area (Å²) < 4.78 is 9.89. The summed E-state index contributed by atoms with van der Waals surface area (Å²) in [5, 5.41) is 10.8. The SMILES string of the molecule is O=C(O)c1ccc2ccccc2c1[I-]O. The summed E-state index contributed by atoms with van der Waals surface area (Å²) >= 11 is -1.23. The van der Waals surface area contributed by atoms with Gasteiger partial charge in [0.25, 0.3) is 0 Å². The summed E-state index contributed by atoms with van der Waals surface area (Å²) in [4.78, 5) is 10.9. The van der Waals surface area contributed by atoms with Gasteiger partial charge in [-0.3, -0.25) is 0 Å². The van der Waals surface area contributed by atoms with Crippen LogP contribution in [-0.4, -0.2) is 14.5 Å². The minimum atomic E-state index is -1.23. The van der Waals surface area contributed by atoms with Gasteiger partial charge in [-0.1, -0.05) is 0 Å². The van der Waals surface area contributed by atoms with Crippen LogP contribution < -0.4 is 21.6 Å². The van der Waals surface area contributed by atoms with Gasteiger partial charge in [-0.05, 0) is 0 Å².